The second kappa shape index (κ2) is 8.18. The standard InChI is InChI=1S/C27H26N2O7/c1-29(2)21-16-11-13-10-15-14(12-6-4-3-5-7-12)8-9-17(30)19(15)22(31)18(13)24(33)27(16,36)25(34)20(23(21)32)26(28)35/h3-9,13,16,18,20-21,30,36H,10-11H2,1-2H3,(H2,28,35)/t13-,16-,18?,20?,21-,27-/m0/s1. The third-order valence-electron chi connectivity index (χ3n) is 8.03. The molecule has 36 heavy (non-hydrogen) atoms. The minimum atomic E-state index is -2.72. The van der Waals surface area contributed by atoms with Crippen LogP contribution >= 0.6 is 0 Å². The van der Waals surface area contributed by atoms with Gasteiger partial charge in [-0.15, -0.1) is 0 Å². The summed E-state index contributed by atoms with van der Waals surface area (Å²) in [6.45, 7) is 0. The molecule has 6 atom stereocenters. The van der Waals surface area contributed by atoms with Gasteiger partial charge in [0.25, 0.3) is 0 Å². The number of benzene rings is 2. The minimum absolute atomic E-state index is 0.0112. The Bertz CT molecular complexity index is 1340. The van der Waals surface area contributed by atoms with Crippen LogP contribution in [0, 0.1) is 23.7 Å². The molecular formula is C27H26N2O7. The average molecular weight is 491 g/mol. The summed E-state index contributed by atoms with van der Waals surface area (Å²) in [5.74, 6) is -10.4. The number of hydrogen-bond acceptors (Lipinski definition) is 8. The van der Waals surface area contributed by atoms with E-state index in [4.69, 9.17) is 5.73 Å². The van der Waals surface area contributed by atoms with Crippen molar-refractivity contribution < 1.29 is 34.2 Å². The van der Waals surface area contributed by atoms with Gasteiger partial charge in [0.1, 0.15) is 5.75 Å². The number of phenols is 1. The first kappa shape index (κ1) is 24.0. The molecule has 0 heterocycles. The van der Waals surface area contributed by atoms with Crippen molar-refractivity contribution in [2.45, 2.75) is 24.5 Å². The van der Waals surface area contributed by atoms with Crippen molar-refractivity contribution in [2.75, 3.05) is 14.1 Å². The molecule has 5 rings (SSSR count). The molecule has 186 valence electrons. The number of nitrogens with zero attached hydrogens (tertiary/aromatic N) is 1. The summed E-state index contributed by atoms with van der Waals surface area (Å²) in [6, 6.07) is 11.3. The predicted molar refractivity (Wildman–Crippen MR) is 127 cm³/mol. The fraction of sp³-hybridized carbons (Fsp3) is 0.370. The van der Waals surface area contributed by atoms with Crippen LogP contribution in [0.2, 0.25) is 0 Å². The lowest BCUT2D eigenvalue weighted by molar-refractivity contribution is -0.181. The van der Waals surface area contributed by atoms with Crippen molar-refractivity contribution in [3.63, 3.8) is 0 Å². The maximum Gasteiger partial charge on any atom is 0.235 e. The molecule has 0 radical (unpaired) electrons. The fourth-order valence-electron chi connectivity index (χ4n) is 6.49. The van der Waals surface area contributed by atoms with E-state index >= 15 is 0 Å². The van der Waals surface area contributed by atoms with E-state index in [9.17, 15) is 34.2 Å². The van der Waals surface area contributed by atoms with E-state index in [0.29, 0.717) is 5.56 Å². The van der Waals surface area contributed by atoms with Crippen LogP contribution < -0.4 is 5.73 Å². The molecule has 1 amide bonds. The average Bonchev–Trinajstić information content (AvgIpc) is 2.81. The third kappa shape index (κ3) is 3.12. The Morgan fingerprint density at radius 2 is 1.69 bits per heavy atom. The zero-order chi connectivity index (χ0) is 26.1. The molecule has 2 unspecified atom stereocenters. The molecule has 0 aliphatic heterocycles. The molecule has 4 N–H and O–H groups in total. The highest BCUT2D eigenvalue weighted by Gasteiger charge is 2.69. The Morgan fingerprint density at radius 1 is 1.03 bits per heavy atom. The number of likely N-dealkylation sites (N-methyl/N-ethyl adjacent to an activating group) is 1. The number of fused-ring (bicyclic) bond motifs is 3. The molecule has 0 bridgehead atoms. The van der Waals surface area contributed by atoms with E-state index in [1.165, 1.54) is 11.0 Å². The van der Waals surface area contributed by atoms with E-state index in [0.717, 1.165) is 11.1 Å². The molecule has 2 fully saturated rings. The van der Waals surface area contributed by atoms with Gasteiger partial charge in [-0.3, -0.25) is 28.9 Å². The zero-order valence-corrected chi connectivity index (χ0v) is 19.8. The van der Waals surface area contributed by atoms with Gasteiger partial charge >= 0.3 is 0 Å². The lowest BCUT2D eigenvalue weighted by Crippen LogP contribution is -2.74. The summed E-state index contributed by atoms with van der Waals surface area (Å²) in [6.07, 6.45) is 0.248. The van der Waals surface area contributed by atoms with Gasteiger partial charge in [0, 0.05) is 5.92 Å². The normalized spacial score (nSPS) is 31.6. The van der Waals surface area contributed by atoms with Crippen molar-refractivity contribution in [3.8, 4) is 16.9 Å². The number of amides is 1. The summed E-state index contributed by atoms with van der Waals surface area (Å²) in [7, 11) is 3.11. The predicted octanol–water partition coefficient (Wildman–Crippen LogP) is 0.534. The molecule has 2 saturated carbocycles. The maximum absolute atomic E-state index is 13.8. The molecule has 2 aromatic carbocycles. The Morgan fingerprint density at radius 3 is 2.31 bits per heavy atom. The Balaban J connectivity index is 1.66. The van der Waals surface area contributed by atoms with Crippen LogP contribution in [-0.2, 0) is 25.6 Å². The molecule has 0 spiro atoms. The first-order valence-corrected chi connectivity index (χ1v) is 11.7. The SMILES string of the molecule is CN(C)[C@@H]1C(=O)C(C(N)=O)C(=O)[C@@]2(O)C(=O)C3C(=O)c4c(O)ccc(-c5ccccc5)c4C[C@H]3C[C@@H]12. The molecule has 0 aromatic heterocycles. The van der Waals surface area contributed by atoms with Gasteiger partial charge < -0.3 is 15.9 Å². The molecule has 2 aromatic rings. The van der Waals surface area contributed by atoms with E-state index in [1.54, 1.807) is 20.2 Å². The summed E-state index contributed by atoms with van der Waals surface area (Å²) < 4.78 is 0. The topological polar surface area (TPSA) is 155 Å². The number of Topliss-reactive ketones (excluding diaryl/α,β-unsaturated/α-hetero) is 4. The van der Waals surface area contributed by atoms with E-state index in [1.807, 2.05) is 30.3 Å². The lowest BCUT2D eigenvalue weighted by Gasteiger charge is -2.52. The molecule has 0 saturated heterocycles. The number of primary amides is 1. The van der Waals surface area contributed by atoms with Crippen molar-refractivity contribution in [1.82, 2.24) is 4.90 Å². The third-order valence-corrected chi connectivity index (χ3v) is 8.03. The summed E-state index contributed by atoms with van der Waals surface area (Å²) in [5.41, 5.74) is 4.74. The van der Waals surface area contributed by atoms with E-state index in [-0.39, 0.29) is 24.2 Å². The van der Waals surface area contributed by atoms with Gasteiger partial charge in [-0.05, 0) is 55.6 Å². The highest BCUT2D eigenvalue weighted by Crippen LogP contribution is 2.51. The first-order valence-electron chi connectivity index (χ1n) is 11.7. The van der Waals surface area contributed by atoms with Crippen LogP contribution in [0.15, 0.2) is 42.5 Å². The minimum Gasteiger partial charge on any atom is -0.507 e. The van der Waals surface area contributed by atoms with Gasteiger partial charge in [0.05, 0.1) is 17.5 Å². The van der Waals surface area contributed by atoms with Crippen LogP contribution in [0.5, 0.6) is 5.75 Å². The number of ketones is 4. The van der Waals surface area contributed by atoms with Crippen LogP contribution in [0.3, 0.4) is 0 Å². The lowest BCUT2D eigenvalue weighted by atomic mass is 9.52. The first-order chi connectivity index (χ1) is 17.0. The van der Waals surface area contributed by atoms with Crippen LogP contribution in [0.25, 0.3) is 11.1 Å². The highest BCUT2D eigenvalue weighted by molar-refractivity contribution is 6.32. The number of phenolic OH excluding ortho intramolecular Hbond substituents is 1. The number of hydrogen-bond donors (Lipinski definition) is 3. The smallest absolute Gasteiger partial charge is 0.235 e. The monoisotopic (exact) mass is 490 g/mol. The molecule has 9 nitrogen and oxygen atoms in total. The van der Waals surface area contributed by atoms with Gasteiger partial charge in [0.2, 0.25) is 5.91 Å². The largest absolute Gasteiger partial charge is 0.507 e. The van der Waals surface area contributed by atoms with Crippen LogP contribution in [0.4, 0.5) is 0 Å². The molecule has 3 aliphatic rings. The Hall–Kier alpha value is -3.69. The molecule has 9 heteroatoms. The van der Waals surface area contributed by atoms with Crippen molar-refractivity contribution in [2.24, 2.45) is 29.4 Å². The van der Waals surface area contributed by atoms with E-state index < -0.39 is 64.4 Å². The molecule has 3 aliphatic carbocycles. The number of carbonyl (C=O) groups is 5. The summed E-state index contributed by atoms with van der Waals surface area (Å²) >= 11 is 0. The number of rotatable bonds is 3. The second-order valence-electron chi connectivity index (χ2n) is 10.1. The Kier molecular flexibility index (Phi) is 5.46. The van der Waals surface area contributed by atoms with Crippen LogP contribution in [0.1, 0.15) is 22.3 Å². The number of nitrogens with two attached hydrogens (primary N) is 1. The van der Waals surface area contributed by atoms with E-state index in [2.05, 4.69) is 0 Å². The quantitative estimate of drug-likeness (QED) is 0.527. The van der Waals surface area contributed by atoms with Crippen molar-refractivity contribution in [1.29, 1.82) is 0 Å². The fourth-order valence-corrected chi connectivity index (χ4v) is 6.49. The number of aliphatic hydroxyl groups is 1. The zero-order valence-electron chi connectivity index (χ0n) is 19.8. The summed E-state index contributed by atoms with van der Waals surface area (Å²) in [5, 5.41) is 22.2. The van der Waals surface area contributed by atoms with Gasteiger partial charge in [-0.1, -0.05) is 36.4 Å². The van der Waals surface area contributed by atoms with Crippen molar-refractivity contribution in [3.05, 3.63) is 53.6 Å². The number of aromatic hydroxyl groups is 1. The number of carbonyl (C=O) groups excluding carboxylic acids is 5. The highest BCUT2D eigenvalue weighted by atomic mass is 16.3. The molecular weight excluding hydrogens is 464 g/mol. The van der Waals surface area contributed by atoms with Gasteiger partial charge in [-0.25, -0.2) is 0 Å². The Labute approximate surface area is 206 Å². The maximum atomic E-state index is 13.8. The summed E-state index contributed by atoms with van der Waals surface area (Å²) in [4.78, 5) is 67.4. The van der Waals surface area contributed by atoms with Gasteiger partial charge in [-0.2, -0.15) is 0 Å². The van der Waals surface area contributed by atoms with Gasteiger partial charge in [0.15, 0.2) is 34.7 Å². The van der Waals surface area contributed by atoms with Crippen molar-refractivity contribution >= 4 is 29.0 Å². The van der Waals surface area contributed by atoms with Crippen LogP contribution in [-0.4, -0.2) is 69.9 Å². The second-order valence-corrected chi connectivity index (χ2v) is 10.1.